The molecule has 180 valence electrons. The summed E-state index contributed by atoms with van der Waals surface area (Å²) < 4.78 is 5.53. The molecule has 0 aromatic heterocycles. The zero-order valence-corrected chi connectivity index (χ0v) is 19.5. The summed E-state index contributed by atoms with van der Waals surface area (Å²) in [5, 5.41) is 14.8. The number of alkyl carbamates (subject to hydrolysis) is 1. The van der Waals surface area contributed by atoms with Gasteiger partial charge < -0.3 is 20.5 Å². The molecule has 2 aromatic carbocycles. The number of nitrogens with one attached hydrogen (secondary N) is 2. The molecule has 7 nitrogen and oxygen atoms in total. The molecule has 1 fully saturated rings. The van der Waals surface area contributed by atoms with Gasteiger partial charge in [-0.1, -0.05) is 61.9 Å². The van der Waals surface area contributed by atoms with Gasteiger partial charge in [0, 0.05) is 24.4 Å². The summed E-state index contributed by atoms with van der Waals surface area (Å²) in [6.45, 7) is 2.33. The van der Waals surface area contributed by atoms with Crippen LogP contribution in [0.3, 0.4) is 0 Å². The summed E-state index contributed by atoms with van der Waals surface area (Å²) in [6, 6.07) is 16.0. The maximum Gasteiger partial charge on any atom is 0.407 e. The first-order valence-corrected chi connectivity index (χ1v) is 12.0. The van der Waals surface area contributed by atoms with Crippen molar-refractivity contribution in [3.63, 3.8) is 0 Å². The number of aliphatic carboxylic acids is 1. The molecule has 2 aromatic rings. The Hall–Kier alpha value is -3.35. The second-order valence-electron chi connectivity index (χ2n) is 9.35. The number of amides is 2. The second-order valence-corrected chi connectivity index (χ2v) is 9.35. The SMILES string of the molecule is CC(CCNC(=O)OCC1c2ccccc2-c2ccccc21)C(=O)NC(CC(=O)O)C1CCC1. The number of hydrogen-bond acceptors (Lipinski definition) is 4. The fraction of sp³-hybridized carbons (Fsp3) is 0.444. The molecule has 2 unspecified atom stereocenters. The lowest BCUT2D eigenvalue weighted by Crippen LogP contribution is -2.46. The molecule has 2 amide bonds. The van der Waals surface area contributed by atoms with Gasteiger partial charge in [-0.2, -0.15) is 0 Å². The van der Waals surface area contributed by atoms with Gasteiger partial charge in [0.15, 0.2) is 0 Å². The van der Waals surface area contributed by atoms with Crippen LogP contribution < -0.4 is 10.6 Å². The quantitative estimate of drug-likeness (QED) is 0.486. The molecule has 0 heterocycles. The molecule has 34 heavy (non-hydrogen) atoms. The van der Waals surface area contributed by atoms with Crippen LogP contribution in [0.15, 0.2) is 48.5 Å². The number of carboxylic acid groups (broad SMARTS) is 1. The van der Waals surface area contributed by atoms with Gasteiger partial charge in [-0.05, 0) is 47.4 Å². The van der Waals surface area contributed by atoms with E-state index in [2.05, 4.69) is 34.9 Å². The summed E-state index contributed by atoms with van der Waals surface area (Å²) in [5.74, 6) is -1.17. The van der Waals surface area contributed by atoms with E-state index in [-0.39, 0.29) is 42.7 Å². The number of carbonyl (C=O) groups is 3. The molecule has 0 saturated heterocycles. The van der Waals surface area contributed by atoms with Gasteiger partial charge in [-0.25, -0.2) is 4.79 Å². The molecular formula is C27H32N2O5. The number of carbonyl (C=O) groups excluding carboxylic acids is 2. The second kappa shape index (κ2) is 10.7. The van der Waals surface area contributed by atoms with E-state index in [1.165, 1.54) is 11.1 Å². The third-order valence-corrected chi connectivity index (χ3v) is 7.08. The van der Waals surface area contributed by atoms with Crippen molar-refractivity contribution < 1.29 is 24.2 Å². The molecule has 1 saturated carbocycles. The maximum atomic E-state index is 12.5. The van der Waals surface area contributed by atoms with Gasteiger partial charge in [0.25, 0.3) is 0 Å². The molecule has 7 heteroatoms. The molecule has 0 radical (unpaired) electrons. The van der Waals surface area contributed by atoms with E-state index in [0.29, 0.717) is 13.0 Å². The predicted octanol–water partition coefficient (Wildman–Crippen LogP) is 4.31. The van der Waals surface area contributed by atoms with Crippen molar-refractivity contribution >= 4 is 18.0 Å². The van der Waals surface area contributed by atoms with Crippen molar-refractivity contribution in [2.75, 3.05) is 13.2 Å². The molecule has 2 aliphatic rings. The highest BCUT2D eigenvalue weighted by Crippen LogP contribution is 2.44. The van der Waals surface area contributed by atoms with E-state index in [4.69, 9.17) is 9.84 Å². The first-order chi connectivity index (χ1) is 16.4. The van der Waals surface area contributed by atoms with Crippen molar-refractivity contribution in [1.82, 2.24) is 10.6 Å². The lowest BCUT2D eigenvalue weighted by molar-refractivity contribution is -0.138. The number of hydrogen-bond donors (Lipinski definition) is 3. The van der Waals surface area contributed by atoms with E-state index < -0.39 is 12.1 Å². The van der Waals surface area contributed by atoms with Crippen LogP contribution in [-0.2, 0) is 14.3 Å². The smallest absolute Gasteiger partial charge is 0.407 e. The Labute approximate surface area is 199 Å². The number of rotatable bonds is 10. The third-order valence-electron chi connectivity index (χ3n) is 7.08. The van der Waals surface area contributed by atoms with Crippen LogP contribution in [0.1, 0.15) is 56.1 Å². The molecule has 0 aliphatic heterocycles. The lowest BCUT2D eigenvalue weighted by atomic mass is 9.78. The standard InChI is InChI=1S/C27H32N2O5/c1-17(26(32)29-24(15-25(30)31)18-7-6-8-18)13-14-28-27(33)34-16-23-21-11-4-2-9-19(21)20-10-3-5-12-22(20)23/h2-5,9-12,17-18,23-24H,6-8,13-16H2,1H3,(H,28,33)(H,29,32)(H,30,31). The zero-order chi connectivity index (χ0) is 24.1. The predicted molar refractivity (Wildman–Crippen MR) is 128 cm³/mol. The van der Waals surface area contributed by atoms with Crippen LogP contribution in [0.25, 0.3) is 11.1 Å². The Morgan fingerprint density at radius 3 is 2.21 bits per heavy atom. The topological polar surface area (TPSA) is 105 Å². The van der Waals surface area contributed by atoms with Crippen LogP contribution in [0.2, 0.25) is 0 Å². The first kappa shape index (κ1) is 23.8. The van der Waals surface area contributed by atoms with Crippen molar-refractivity contribution in [2.45, 2.75) is 51.0 Å². The summed E-state index contributed by atoms with van der Waals surface area (Å²) in [6.07, 6.45) is 2.87. The van der Waals surface area contributed by atoms with E-state index in [1.807, 2.05) is 24.3 Å². The minimum Gasteiger partial charge on any atom is -0.481 e. The van der Waals surface area contributed by atoms with Gasteiger partial charge in [0.1, 0.15) is 6.61 Å². The fourth-order valence-electron chi connectivity index (χ4n) is 4.86. The van der Waals surface area contributed by atoms with Crippen LogP contribution >= 0.6 is 0 Å². The minimum absolute atomic E-state index is 0.000487. The fourth-order valence-corrected chi connectivity index (χ4v) is 4.86. The van der Waals surface area contributed by atoms with Crippen LogP contribution in [0.4, 0.5) is 4.79 Å². The van der Waals surface area contributed by atoms with Crippen molar-refractivity contribution in [3.8, 4) is 11.1 Å². The molecule has 4 rings (SSSR count). The summed E-state index contributed by atoms with van der Waals surface area (Å²) in [5.41, 5.74) is 4.67. The average molecular weight is 465 g/mol. The summed E-state index contributed by atoms with van der Waals surface area (Å²) in [4.78, 5) is 36.0. The number of ether oxygens (including phenoxy) is 1. The summed E-state index contributed by atoms with van der Waals surface area (Å²) >= 11 is 0. The molecule has 0 bridgehead atoms. The van der Waals surface area contributed by atoms with Gasteiger partial charge in [-0.3, -0.25) is 9.59 Å². The normalized spacial score (nSPS) is 16.5. The Morgan fingerprint density at radius 2 is 1.65 bits per heavy atom. The van der Waals surface area contributed by atoms with E-state index >= 15 is 0 Å². The molecule has 3 N–H and O–H groups in total. The Bertz CT molecular complexity index is 1000. The monoisotopic (exact) mass is 464 g/mol. The Morgan fingerprint density at radius 1 is 1.03 bits per heavy atom. The first-order valence-electron chi connectivity index (χ1n) is 12.0. The Kier molecular flexibility index (Phi) is 7.50. The van der Waals surface area contributed by atoms with Gasteiger partial charge >= 0.3 is 12.1 Å². The molecular weight excluding hydrogens is 432 g/mol. The van der Waals surface area contributed by atoms with Crippen molar-refractivity contribution in [1.29, 1.82) is 0 Å². The highest BCUT2D eigenvalue weighted by atomic mass is 16.5. The lowest BCUT2D eigenvalue weighted by Gasteiger charge is -2.34. The van der Waals surface area contributed by atoms with Gasteiger partial charge in [0.05, 0.1) is 6.42 Å². The highest BCUT2D eigenvalue weighted by molar-refractivity contribution is 5.80. The highest BCUT2D eigenvalue weighted by Gasteiger charge is 2.31. The average Bonchev–Trinajstić information content (AvgIpc) is 3.09. The van der Waals surface area contributed by atoms with E-state index in [9.17, 15) is 14.4 Å². The van der Waals surface area contributed by atoms with E-state index in [0.717, 1.165) is 30.4 Å². The van der Waals surface area contributed by atoms with Crippen LogP contribution in [-0.4, -0.2) is 42.3 Å². The van der Waals surface area contributed by atoms with Gasteiger partial charge in [-0.15, -0.1) is 0 Å². The molecule has 2 aliphatic carbocycles. The summed E-state index contributed by atoms with van der Waals surface area (Å²) in [7, 11) is 0. The minimum atomic E-state index is -0.901. The van der Waals surface area contributed by atoms with Gasteiger partial charge in [0.2, 0.25) is 5.91 Å². The van der Waals surface area contributed by atoms with Crippen LogP contribution in [0.5, 0.6) is 0 Å². The van der Waals surface area contributed by atoms with E-state index in [1.54, 1.807) is 6.92 Å². The van der Waals surface area contributed by atoms with Crippen molar-refractivity contribution in [2.24, 2.45) is 11.8 Å². The molecule has 2 atom stereocenters. The molecule has 0 spiro atoms. The van der Waals surface area contributed by atoms with Crippen molar-refractivity contribution in [3.05, 3.63) is 59.7 Å². The maximum absolute atomic E-state index is 12.5. The Balaban J connectivity index is 1.22. The zero-order valence-electron chi connectivity index (χ0n) is 19.5. The number of benzene rings is 2. The van der Waals surface area contributed by atoms with Crippen LogP contribution in [0, 0.1) is 11.8 Å². The number of fused-ring (bicyclic) bond motifs is 3. The third kappa shape index (κ3) is 5.41. The number of carboxylic acids is 1. The largest absolute Gasteiger partial charge is 0.481 e.